The highest BCUT2D eigenvalue weighted by atomic mass is 32.2. The number of nitrogens with one attached hydrogen (secondary N) is 1. The van der Waals surface area contributed by atoms with Crippen LogP contribution in [0.3, 0.4) is 0 Å². The topological polar surface area (TPSA) is 98.1 Å². The summed E-state index contributed by atoms with van der Waals surface area (Å²) in [6.07, 6.45) is 1.02. The molecule has 1 saturated heterocycles. The van der Waals surface area contributed by atoms with Crippen LogP contribution in [-0.4, -0.2) is 45.9 Å². The van der Waals surface area contributed by atoms with Crippen LogP contribution in [0.15, 0.2) is 45.7 Å². The Kier molecular flexibility index (Phi) is 6.60. The Morgan fingerprint density at radius 3 is 2.41 bits per heavy atom. The number of sulfonamides is 1. The minimum atomic E-state index is -3.65. The first-order chi connectivity index (χ1) is 16.1. The molecule has 1 aromatic heterocycles. The van der Waals surface area contributed by atoms with Gasteiger partial charge in [0.1, 0.15) is 17.1 Å². The molecule has 182 valence electrons. The summed E-state index contributed by atoms with van der Waals surface area (Å²) in [5, 5.41) is 3.39. The van der Waals surface area contributed by atoms with Crippen molar-refractivity contribution >= 4 is 32.6 Å². The van der Waals surface area contributed by atoms with Gasteiger partial charge >= 0.3 is 0 Å². The fourth-order valence-electron chi connectivity index (χ4n) is 4.61. The van der Waals surface area contributed by atoms with Crippen LogP contribution in [0.4, 0.5) is 5.69 Å². The molecule has 0 spiro atoms. The molecule has 0 radical (unpaired) electrons. The minimum Gasteiger partial charge on any atom is -0.497 e. The van der Waals surface area contributed by atoms with E-state index in [1.54, 1.807) is 54.7 Å². The van der Waals surface area contributed by atoms with E-state index in [1.165, 1.54) is 7.11 Å². The van der Waals surface area contributed by atoms with Gasteiger partial charge in [-0.15, -0.1) is 0 Å². The van der Waals surface area contributed by atoms with Crippen LogP contribution in [0.1, 0.15) is 36.4 Å². The van der Waals surface area contributed by atoms with E-state index in [0.29, 0.717) is 58.6 Å². The number of carbonyl (C=O) groups is 1. The lowest BCUT2D eigenvalue weighted by Gasteiger charge is -2.34. The van der Waals surface area contributed by atoms with E-state index >= 15 is 0 Å². The first-order valence-corrected chi connectivity index (χ1v) is 12.6. The van der Waals surface area contributed by atoms with Gasteiger partial charge in [-0.3, -0.25) is 4.79 Å². The third-order valence-corrected chi connectivity index (χ3v) is 8.07. The number of carbonyl (C=O) groups excluding carboxylic acids is 1. The Hall–Kier alpha value is -3.04. The van der Waals surface area contributed by atoms with Gasteiger partial charge in [0.25, 0.3) is 5.91 Å². The van der Waals surface area contributed by atoms with E-state index in [9.17, 15) is 13.2 Å². The molecule has 1 N–H and O–H groups in total. The lowest BCUT2D eigenvalue weighted by molar-refractivity contribution is 0.0997. The maximum absolute atomic E-state index is 13.3. The van der Waals surface area contributed by atoms with Crippen molar-refractivity contribution in [1.82, 2.24) is 4.31 Å². The molecule has 1 aliphatic heterocycles. The number of rotatable bonds is 6. The van der Waals surface area contributed by atoms with Gasteiger partial charge in [-0.1, -0.05) is 13.8 Å². The smallest absolute Gasteiger partial charge is 0.291 e. The second-order valence-electron chi connectivity index (χ2n) is 9.00. The Bertz CT molecular complexity index is 1320. The number of fused-ring (bicyclic) bond motifs is 1. The first kappa shape index (κ1) is 24.1. The van der Waals surface area contributed by atoms with Crippen molar-refractivity contribution in [3.63, 3.8) is 0 Å². The molecule has 0 saturated carbocycles. The van der Waals surface area contributed by atoms with Crippen LogP contribution < -0.4 is 14.8 Å². The van der Waals surface area contributed by atoms with Crippen LogP contribution in [-0.2, 0) is 10.0 Å². The average molecular weight is 487 g/mol. The molecule has 8 nitrogen and oxygen atoms in total. The van der Waals surface area contributed by atoms with Crippen LogP contribution in [0.5, 0.6) is 11.5 Å². The largest absolute Gasteiger partial charge is 0.497 e. The highest BCUT2D eigenvalue weighted by Crippen LogP contribution is 2.33. The number of furan rings is 1. The van der Waals surface area contributed by atoms with Gasteiger partial charge in [0.15, 0.2) is 5.76 Å². The third-order valence-electron chi connectivity index (χ3n) is 6.24. The molecule has 2 unspecified atom stereocenters. The third kappa shape index (κ3) is 4.50. The molecule has 34 heavy (non-hydrogen) atoms. The Morgan fingerprint density at radius 1 is 1.06 bits per heavy atom. The quantitative estimate of drug-likeness (QED) is 0.543. The normalized spacial score (nSPS) is 19.2. The van der Waals surface area contributed by atoms with E-state index in [0.717, 1.165) is 6.42 Å². The summed E-state index contributed by atoms with van der Waals surface area (Å²) < 4.78 is 44.6. The lowest BCUT2D eigenvalue weighted by atomic mass is 9.94. The molecule has 1 aliphatic rings. The van der Waals surface area contributed by atoms with Gasteiger partial charge < -0.3 is 19.2 Å². The molecule has 1 fully saturated rings. The highest BCUT2D eigenvalue weighted by molar-refractivity contribution is 7.89. The fraction of sp³-hybridized carbons (Fsp3) is 0.400. The van der Waals surface area contributed by atoms with Crippen LogP contribution in [0.25, 0.3) is 11.0 Å². The molecule has 4 rings (SSSR count). The van der Waals surface area contributed by atoms with Crippen molar-refractivity contribution in [2.45, 2.75) is 32.1 Å². The predicted octanol–water partition coefficient (Wildman–Crippen LogP) is 4.68. The van der Waals surface area contributed by atoms with Gasteiger partial charge in [-0.25, -0.2) is 8.42 Å². The standard InChI is InChI=1S/C25H30N2O6S/c1-15-10-16(2)14-27(13-15)34(29,30)19-7-9-22-20(12-19)17(3)24(33-22)25(28)26-21-8-6-18(31-4)11-23(21)32-5/h6-9,11-12,15-16H,10,13-14H2,1-5H3,(H,26,28). The second-order valence-corrected chi connectivity index (χ2v) is 10.9. The highest BCUT2D eigenvalue weighted by Gasteiger charge is 2.32. The molecule has 0 bridgehead atoms. The zero-order chi connectivity index (χ0) is 24.6. The summed E-state index contributed by atoms with van der Waals surface area (Å²) >= 11 is 0. The van der Waals surface area contributed by atoms with Crippen molar-refractivity contribution in [3.05, 3.63) is 47.7 Å². The minimum absolute atomic E-state index is 0.114. The van der Waals surface area contributed by atoms with Crippen molar-refractivity contribution in [2.75, 3.05) is 32.6 Å². The van der Waals surface area contributed by atoms with Crippen LogP contribution in [0.2, 0.25) is 0 Å². The lowest BCUT2D eigenvalue weighted by Crippen LogP contribution is -2.42. The summed E-state index contributed by atoms with van der Waals surface area (Å²) in [6.45, 7) is 6.90. The Morgan fingerprint density at radius 2 is 1.76 bits per heavy atom. The van der Waals surface area contributed by atoms with E-state index < -0.39 is 15.9 Å². The number of methoxy groups -OCH3 is 2. The average Bonchev–Trinajstić information content (AvgIpc) is 3.14. The van der Waals surface area contributed by atoms with Gasteiger partial charge in [0.2, 0.25) is 10.0 Å². The molecule has 2 atom stereocenters. The molecule has 2 aromatic carbocycles. The van der Waals surface area contributed by atoms with Gasteiger partial charge in [0.05, 0.1) is 24.8 Å². The van der Waals surface area contributed by atoms with E-state index in [2.05, 4.69) is 19.2 Å². The molecule has 2 heterocycles. The summed E-state index contributed by atoms with van der Waals surface area (Å²) in [7, 11) is -0.599. The van der Waals surface area contributed by atoms with Crippen LogP contribution in [0, 0.1) is 18.8 Å². The summed E-state index contributed by atoms with van der Waals surface area (Å²) in [5.74, 6) is 1.31. The fourth-order valence-corrected chi connectivity index (χ4v) is 6.32. The maximum atomic E-state index is 13.3. The van der Waals surface area contributed by atoms with Gasteiger partial charge in [0, 0.05) is 30.1 Å². The van der Waals surface area contributed by atoms with E-state index in [-0.39, 0.29) is 10.7 Å². The number of anilines is 1. The first-order valence-electron chi connectivity index (χ1n) is 11.2. The number of hydrogen-bond donors (Lipinski definition) is 1. The van der Waals surface area contributed by atoms with E-state index in [4.69, 9.17) is 13.9 Å². The second kappa shape index (κ2) is 9.31. The number of benzene rings is 2. The molecule has 0 aliphatic carbocycles. The predicted molar refractivity (Wildman–Crippen MR) is 130 cm³/mol. The van der Waals surface area contributed by atoms with Crippen molar-refractivity contribution in [1.29, 1.82) is 0 Å². The zero-order valence-corrected chi connectivity index (χ0v) is 20.9. The maximum Gasteiger partial charge on any atom is 0.291 e. The molecular formula is C25H30N2O6S. The van der Waals surface area contributed by atoms with Crippen molar-refractivity contribution in [3.8, 4) is 11.5 Å². The number of hydrogen-bond acceptors (Lipinski definition) is 6. The van der Waals surface area contributed by atoms with Crippen LogP contribution >= 0.6 is 0 Å². The number of ether oxygens (including phenoxy) is 2. The molecular weight excluding hydrogens is 456 g/mol. The molecule has 9 heteroatoms. The van der Waals surface area contributed by atoms with Crippen molar-refractivity contribution in [2.24, 2.45) is 11.8 Å². The Labute approximate surface area is 199 Å². The number of piperidine rings is 1. The van der Waals surface area contributed by atoms with Gasteiger partial charge in [-0.2, -0.15) is 4.31 Å². The monoisotopic (exact) mass is 486 g/mol. The summed E-state index contributed by atoms with van der Waals surface area (Å²) in [6, 6.07) is 9.80. The van der Waals surface area contributed by atoms with E-state index in [1.807, 2.05) is 0 Å². The summed E-state index contributed by atoms with van der Waals surface area (Å²) in [5.41, 5.74) is 1.48. The number of amides is 1. The van der Waals surface area contributed by atoms with Crippen molar-refractivity contribution < 1.29 is 27.1 Å². The summed E-state index contributed by atoms with van der Waals surface area (Å²) in [4.78, 5) is 13.2. The molecule has 1 amide bonds. The zero-order valence-electron chi connectivity index (χ0n) is 20.0. The Balaban J connectivity index is 1.64. The number of nitrogens with zero attached hydrogens (tertiary/aromatic N) is 1. The molecule has 3 aromatic rings. The number of aryl methyl sites for hydroxylation is 1. The SMILES string of the molecule is COc1ccc(NC(=O)c2oc3ccc(S(=O)(=O)N4CC(C)CC(C)C4)cc3c2C)c(OC)c1. The van der Waals surface area contributed by atoms with Gasteiger partial charge in [-0.05, 0) is 55.5 Å².